The third-order valence-electron chi connectivity index (χ3n) is 4.54. The Kier molecular flexibility index (Phi) is 7.70. The third kappa shape index (κ3) is 6.61. The number of hydrogen-bond donors (Lipinski definition) is 0. The Morgan fingerprint density at radius 3 is 2.28 bits per heavy atom. The average molecular weight is 250 g/mol. The van der Waals surface area contributed by atoms with Crippen molar-refractivity contribution in [3.63, 3.8) is 0 Å². The Morgan fingerprint density at radius 1 is 1.00 bits per heavy atom. The van der Waals surface area contributed by atoms with Gasteiger partial charge in [-0.2, -0.15) is 0 Å². The largest absolute Gasteiger partial charge is 0.0856 e. The van der Waals surface area contributed by atoms with Crippen molar-refractivity contribution >= 4 is 0 Å². The Balaban J connectivity index is 2.57. The number of rotatable bonds is 2. The summed E-state index contributed by atoms with van der Waals surface area (Å²) in [6.45, 7) is 7.21. The summed E-state index contributed by atoms with van der Waals surface area (Å²) in [5, 5.41) is 0. The van der Waals surface area contributed by atoms with E-state index in [-0.39, 0.29) is 0 Å². The molecule has 0 nitrogen and oxygen atoms in total. The van der Waals surface area contributed by atoms with E-state index in [9.17, 15) is 0 Å². The van der Waals surface area contributed by atoms with Crippen molar-refractivity contribution < 1.29 is 0 Å². The molecule has 0 radical (unpaired) electrons. The van der Waals surface area contributed by atoms with Crippen LogP contribution in [-0.2, 0) is 0 Å². The van der Waals surface area contributed by atoms with Gasteiger partial charge in [0.05, 0.1) is 0 Å². The topological polar surface area (TPSA) is 0 Å². The average Bonchev–Trinajstić information content (AvgIpc) is 2.32. The number of allylic oxidation sites excluding steroid dienone is 2. The van der Waals surface area contributed by atoms with Crippen LogP contribution in [0.15, 0.2) is 11.6 Å². The molecular weight excluding hydrogens is 216 g/mol. The monoisotopic (exact) mass is 250 g/mol. The smallest absolute Gasteiger partial charge is 0.0269 e. The van der Waals surface area contributed by atoms with E-state index in [0.29, 0.717) is 5.41 Å². The fourth-order valence-corrected chi connectivity index (χ4v) is 3.58. The van der Waals surface area contributed by atoms with Gasteiger partial charge in [0.1, 0.15) is 0 Å². The van der Waals surface area contributed by atoms with Crippen LogP contribution in [0.4, 0.5) is 0 Å². The molecule has 0 saturated heterocycles. The first-order valence-electron chi connectivity index (χ1n) is 8.32. The molecule has 1 atom stereocenters. The molecule has 1 rings (SSSR count). The van der Waals surface area contributed by atoms with Gasteiger partial charge in [0, 0.05) is 0 Å². The van der Waals surface area contributed by atoms with E-state index in [0.717, 1.165) is 0 Å². The fourth-order valence-electron chi connectivity index (χ4n) is 3.58. The van der Waals surface area contributed by atoms with Crippen molar-refractivity contribution in [2.24, 2.45) is 5.41 Å². The lowest BCUT2D eigenvalue weighted by Crippen LogP contribution is -2.16. The molecule has 1 aliphatic carbocycles. The maximum absolute atomic E-state index is 2.52. The van der Waals surface area contributed by atoms with E-state index in [2.05, 4.69) is 26.8 Å². The Hall–Kier alpha value is -0.260. The molecule has 0 amide bonds. The van der Waals surface area contributed by atoms with Crippen LogP contribution in [0.5, 0.6) is 0 Å². The van der Waals surface area contributed by atoms with Crippen molar-refractivity contribution in [2.45, 2.75) is 97.8 Å². The van der Waals surface area contributed by atoms with E-state index in [1.165, 1.54) is 77.0 Å². The summed E-state index contributed by atoms with van der Waals surface area (Å²) < 4.78 is 0. The quantitative estimate of drug-likeness (QED) is 0.481. The minimum absolute atomic E-state index is 0.573. The maximum atomic E-state index is 2.52. The summed E-state index contributed by atoms with van der Waals surface area (Å²) in [6.07, 6.45) is 19.5. The molecule has 1 unspecified atom stereocenters. The molecule has 0 aliphatic heterocycles. The second-order valence-electron chi connectivity index (χ2n) is 6.80. The van der Waals surface area contributed by atoms with Gasteiger partial charge in [-0.1, -0.05) is 70.4 Å². The molecule has 0 heteroatoms. The number of hydrogen-bond acceptors (Lipinski definition) is 0. The zero-order valence-electron chi connectivity index (χ0n) is 13.1. The molecule has 0 heterocycles. The van der Waals surface area contributed by atoms with Crippen LogP contribution in [0.2, 0.25) is 0 Å². The van der Waals surface area contributed by atoms with Crippen molar-refractivity contribution in [1.82, 2.24) is 0 Å². The second-order valence-corrected chi connectivity index (χ2v) is 6.80. The first-order chi connectivity index (χ1) is 8.66. The van der Waals surface area contributed by atoms with Crippen LogP contribution < -0.4 is 0 Å². The summed E-state index contributed by atoms with van der Waals surface area (Å²) >= 11 is 0. The van der Waals surface area contributed by atoms with Crippen LogP contribution in [0.25, 0.3) is 0 Å². The molecule has 0 aromatic carbocycles. The van der Waals surface area contributed by atoms with Gasteiger partial charge in [-0.3, -0.25) is 0 Å². The normalized spacial score (nSPS) is 28.7. The predicted octanol–water partition coefficient (Wildman–Crippen LogP) is 6.65. The van der Waals surface area contributed by atoms with E-state index in [4.69, 9.17) is 0 Å². The summed E-state index contributed by atoms with van der Waals surface area (Å²) in [5.74, 6) is 0. The van der Waals surface area contributed by atoms with Gasteiger partial charge in [0.25, 0.3) is 0 Å². The van der Waals surface area contributed by atoms with Crippen molar-refractivity contribution in [1.29, 1.82) is 0 Å². The van der Waals surface area contributed by atoms with Crippen molar-refractivity contribution in [3.05, 3.63) is 11.6 Å². The van der Waals surface area contributed by atoms with Gasteiger partial charge in [-0.05, 0) is 44.4 Å². The Morgan fingerprint density at radius 2 is 1.61 bits per heavy atom. The Labute approximate surface area is 115 Å². The van der Waals surface area contributed by atoms with Crippen LogP contribution in [0.1, 0.15) is 97.8 Å². The van der Waals surface area contributed by atoms with E-state index in [1.807, 2.05) is 0 Å². The summed E-state index contributed by atoms with van der Waals surface area (Å²) in [6, 6.07) is 0. The molecule has 1 aliphatic rings. The van der Waals surface area contributed by atoms with Gasteiger partial charge in [0.15, 0.2) is 0 Å². The first-order valence-corrected chi connectivity index (χ1v) is 8.32. The Bertz CT molecular complexity index is 238. The standard InChI is InChI=1S/C18H34/c1-4-14-18(3)15-12-10-8-6-5-7-9-11-13-17(2)16-18/h13H,4-12,14-16H2,1-3H3. The molecule has 0 N–H and O–H groups in total. The first kappa shape index (κ1) is 15.8. The molecule has 0 bridgehead atoms. The van der Waals surface area contributed by atoms with Crippen LogP contribution >= 0.6 is 0 Å². The van der Waals surface area contributed by atoms with Crippen molar-refractivity contribution in [3.8, 4) is 0 Å². The highest BCUT2D eigenvalue weighted by Gasteiger charge is 2.23. The van der Waals surface area contributed by atoms with Gasteiger partial charge in [0.2, 0.25) is 0 Å². The lowest BCUT2D eigenvalue weighted by Gasteiger charge is -2.30. The zero-order valence-corrected chi connectivity index (χ0v) is 13.1. The highest BCUT2D eigenvalue weighted by molar-refractivity contribution is 5.02. The summed E-state index contributed by atoms with van der Waals surface area (Å²) in [7, 11) is 0. The van der Waals surface area contributed by atoms with Gasteiger partial charge < -0.3 is 0 Å². The molecule has 0 saturated carbocycles. The molecule has 0 aromatic heterocycles. The lowest BCUT2D eigenvalue weighted by atomic mass is 9.75. The maximum Gasteiger partial charge on any atom is -0.0269 e. The van der Waals surface area contributed by atoms with Crippen molar-refractivity contribution in [2.75, 3.05) is 0 Å². The van der Waals surface area contributed by atoms with Gasteiger partial charge in [-0.25, -0.2) is 0 Å². The SMILES string of the molecule is CCCC1(C)CCCCCCCCCC=C(C)C1. The van der Waals surface area contributed by atoms with Gasteiger partial charge >= 0.3 is 0 Å². The molecule has 0 spiro atoms. The molecule has 106 valence electrons. The zero-order chi connectivity index (χ0) is 13.3. The molecule has 18 heavy (non-hydrogen) atoms. The minimum atomic E-state index is 0.573. The minimum Gasteiger partial charge on any atom is -0.0856 e. The summed E-state index contributed by atoms with van der Waals surface area (Å²) in [4.78, 5) is 0. The van der Waals surface area contributed by atoms with Crippen LogP contribution in [-0.4, -0.2) is 0 Å². The molecular formula is C18H34. The van der Waals surface area contributed by atoms with Crippen LogP contribution in [0.3, 0.4) is 0 Å². The van der Waals surface area contributed by atoms with Crippen LogP contribution in [0, 0.1) is 5.41 Å². The van der Waals surface area contributed by atoms with E-state index in [1.54, 1.807) is 5.57 Å². The fraction of sp³-hybridized carbons (Fsp3) is 0.889. The van der Waals surface area contributed by atoms with Gasteiger partial charge in [-0.15, -0.1) is 0 Å². The second kappa shape index (κ2) is 8.77. The highest BCUT2D eigenvalue weighted by atomic mass is 14.3. The lowest BCUT2D eigenvalue weighted by molar-refractivity contribution is 0.255. The van der Waals surface area contributed by atoms with E-state index >= 15 is 0 Å². The van der Waals surface area contributed by atoms with E-state index < -0.39 is 0 Å². The molecule has 0 fully saturated rings. The highest BCUT2D eigenvalue weighted by Crippen LogP contribution is 2.37. The third-order valence-corrected chi connectivity index (χ3v) is 4.54. The molecule has 0 aromatic rings. The summed E-state index contributed by atoms with van der Waals surface area (Å²) in [5.41, 5.74) is 2.22. The predicted molar refractivity (Wildman–Crippen MR) is 82.9 cm³/mol.